The Morgan fingerprint density at radius 1 is 1.23 bits per heavy atom. The predicted octanol–water partition coefficient (Wildman–Crippen LogP) is 3.82. The molecule has 0 radical (unpaired) electrons. The molecule has 2 aromatic heterocycles. The van der Waals surface area contributed by atoms with Crippen LogP contribution in [0.25, 0.3) is 5.82 Å². The monoisotopic (exact) mass is 429 g/mol. The lowest BCUT2D eigenvalue weighted by Gasteiger charge is -2.08. The normalized spacial score (nSPS) is 14.8. The number of carbonyl (C=O) groups is 1. The predicted molar refractivity (Wildman–Crippen MR) is 107 cm³/mol. The third-order valence-electron chi connectivity index (χ3n) is 4.52. The van der Waals surface area contributed by atoms with Crippen molar-refractivity contribution in [3.63, 3.8) is 0 Å². The van der Waals surface area contributed by atoms with Gasteiger partial charge in [0.15, 0.2) is 5.82 Å². The maximum absolute atomic E-state index is 13.8. The summed E-state index contributed by atoms with van der Waals surface area (Å²) >= 11 is 0. The summed E-state index contributed by atoms with van der Waals surface area (Å²) in [7, 11) is 0. The smallest absolute Gasteiger partial charge is 0.261 e. The Bertz CT molecular complexity index is 1150. The minimum Gasteiger partial charge on any atom is -0.474 e. The zero-order valence-corrected chi connectivity index (χ0v) is 16.7. The average Bonchev–Trinajstić information content (AvgIpc) is 3.31. The van der Waals surface area contributed by atoms with Gasteiger partial charge in [0.25, 0.3) is 5.91 Å². The molecule has 0 atom stereocenters. The number of aliphatic imine (C=N–C) groups is 1. The fourth-order valence-corrected chi connectivity index (χ4v) is 3.03. The Kier molecular flexibility index (Phi) is 5.22. The number of rotatable bonds is 5. The van der Waals surface area contributed by atoms with Crippen LogP contribution in [0.3, 0.4) is 0 Å². The molecular weight excluding hydrogens is 411 g/mol. The van der Waals surface area contributed by atoms with Crippen molar-refractivity contribution in [3.8, 4) is 5.82 Å². The molecule has 7 nitrogen and oxygen atoms in total. The van der Waals surface area contributed by atoms with Gasteiger partial charge in [0.05, 0.1) is 23.1 Å². The molecule has 0 aliphatic carbocycles. The first-order chi connectivity index (χ1) is 14.8. The maximum Gasteiger partial charge on any atom is 0.261 e. The Labute approximate surface area is 175 Å². The SMILES string of the molecule is CC1(C)COC(c2cc(CF)n(-c3ccc(NC(=O)c4c(F)cccc4F)cn3)n2)=N1. The molecule has 1 aliphatic rings. The van der Waals surface area contributed by atoms with Crippen molar-refractivity contribution in [2.45, 2.75) is 26.1 Å². The summed E-state index contributed by atoms with van der Waals surface area (Å²) in [5.74, 6) is -2.28. The number of hydrogen-bond acceptors (Lipinski definition) is 5. The number of carbonyl (C=O) groups excluding carboxylic acids is 1. The largest absolute Gasteiger partial charge is 0.474 e. The number of hydrogen-bond donors (Lipinski definition) is 1. The highest BCUT2D eigenvalue weighted by Crippen LogP contribution is 2.22. The van der Waals surface area contributed by atoms with E-state index < -0.39 is 29.8 Å². The van der Waals surface area contributed by atoms with E-state index in [0.717, 1.165) is 12.1 Å². The minimum atomic E-state index is -0.973. The molecular formula is C21H18F3N5O2. The zero-order chi connectivity index (χ0) is 22.2. The van der Waals surface area contributed by atoms with Crippen molar-refractivity contribution < 1.29 is 22.7 Å². The topological polar surface area (TPSA) is 81.4 Å². The van der Waals surface area contributed by atoms with Crippen LogP contribution in [-0.2, 0) is 11.4 Å². The summed E-state index contributed by atoms with van der Waals surface area (Å²) in [4.78, 5) is 20.8. The van der Waals surface area contributed by atoms with E-state index in [-0.39, 0.29) is 22.7 Å². The van der Waals surface area contributed by atoms with Gasteiger partial charge < -0.3 is 10.1 Å². The van der Waals surface area contributed by atoms with E-state index in [4.69, 9.17) is 4.74 Å². The van der Waals surface area contributed by atoms with E-state index in [2.05, 4.69) is 20.4 Å². The number of halogens is 3. The lowest BCUT2D eigenvalue weighted by atomic mass is 10.1. The van der Waals surface area contributed by atoms with Gasteiger partial charge in [0.2, 0.25) is 5.90 Å². The third kappa shape index (κ3) is 4.14. The number of pyridine rings is 1. The van der Waals surface area contributed by atoms with Crippen LogP contribution in [0.4, 0.5) is 18.9 Å². The number of nitrogens with one attached hydrogen (secondary N) is 1. The van der Waals surface area contributed by atoms with Gasteiger partial charge in [-0.3, -0.25) is 4.79 Å². The summed E-state index contributed by atoms with van der Waals surface area (Å²) in [6, 6.07) is 7.64. The van der Waals surface area contributed by atoms with Crippen LogP contribution >= 0.6 is 0 Å². The van der Waals surface area contributed by atoms with Gasteiger partial charge in [-0.15, -0.1) is 0 Å². The summed E-state index contributed by atoms with van der Waals surface area (Å²) in [5, 5.41) is 6.71. The Hall–Kier alpha value is -3.69. The average molecular weight is 429 g/mol. The van der Waals surface area contributed by atoms with E-state index >= 15 is 0 Å². The Balaban J connectivity index is 1.57. The van der Waals surface area contributed by atoms with Crippen LogP contribution in [0.1, 0.15) is 35.6 Å². The van der Waals surface area contributed by atoms with Gasteiger partial charge in [-0.2, -0.15) is 5.10 Å². The number of ether oxygens (including phenoxy) is 1. The van der Waals surface area contributed by atoms with Crippen molar-refractivity contribution >= 4 is 17.5 Å². The molecule has 0 spiro atoms. The molecule has 1 amide bonds. The molecule has 0 saturated heterocycles. The minimum absolute atomic E-state index is 0.204. The number of benzene rings is 1. The Morgan fingerprint density at radius 3 is 2.55 bits per heavy atom. The molecule has 0 fully saturated rings. The lowest BCUT2D eigenvalue weighted by molar-refractivity contribution is 0.101. The molecule has 160 valence electrons. The molecule has 4 rings (SSSR count). The highest BCUT2D eigenvalue weighted by molar-refractivity contribution is 6.04. The van der Waals surface area contributed by atoms with Crippen molar-refractivity contribution in [3.05, 3.63) is 71.2 Å². The van der Waals surface area contributed by atoms with Crippen molar-refractivity contribution in [1.82, 2.24) is 14.8 Å². The van der Waals surface area contributed by atoms with Gasteiger partial charge in [-0.05, 0) is 44.2 Å². The number of nitrogens with zero attached hydrogens (tertiary/aromatic N) is 4. The first-order valence-corrected chi connectivity index (χ1v) is 9.37. The van der Waals surface area contributed by atoms with Crippen LogP contribution in [0.5, 0.6) is 0 Å². The number of amides is 1. The molecule has 3 aromatic rings. The fourth-order valence-electron chi connectivity index (χ4n) is 3.03. The number of anilines is 1. The maximum atomic E-state index is 13.8. The van der Waals surface area contributed by atoms with Crippen LogP contribution in [-0.4, -0.2) is 38.7 Å². The molecule has 10 heteroatoms. The van der Waals surface area contributed by atoms with Gasteiger partial charge in [-0.1, -0.05) is 6.07 Å². The van der Waals surface area contributed by atoms with Crippen LogP contribution in [0.2, 0.25) is 0 Å². The van der Waals surface area contributed by atoms with E-state index in [1.54, 1.807) is 0 Å². The van der Waals surface area contributed by atoms with E-state index in [0.29, 0.717) is 18.2 Å². The lowest BCUT2D eigenvalue weighted by Crippen LogP contribution is -2.17. The van der Waals surface area contributed by atoms with Gasteiger partial charge in [-0.25, -0.2) is 27.8 Å². The second-order valence-corrected chi connectivity index (χ2v) is 7.54. The first-order valence-electron chi connectivity index (χ1n) is 9.37. The number of alkyl halides is 1. The van der Waals surface area contributed by atoms with E-state index in [1.165, 1.54) is 35.1 Å². The summed E-state index contributed by atoms with van der Waals surface area (Å²) in [6.07, 6.45) is 1.28. The first kappa shape index (κ1) is 20.6. The second-order valence-electron chi connectivity index (χ2n) is 7.54. The summed E-state index contributed by atoms with van der Waals surface area (Å²) in [6.45, 7) is 3.43. The van der Waals surface area contributed by atoms with E-state index in [9.17, 15) is 18.0 Å². The Morgan fingerprint density at radius 2 is 1.97 bits per heavy atom. The van der Waals surface area contributed by atoms with E-state index in [1.807, 2.05) is 13.8 Å². The molecule has 0 bridgehead atoms. The molecule has 1 N–H and O–H groups in total. The van der Waals surface area contributed by atoms with Crippen molar-refractivity contribution in [2.75, 3.05) is 11.9 Å². The van der Waals surface area contributed by atoms with Crippen LogP contribution in [0.15, 0.2) is 47.6 Å². The zero-order valence-electron chi connectivity index (χ0n) is 16.7. The highest BCUT2D eigenvalue weighted by atomic mass is 19.1. The van der Waals surface area contributed by atoms with Gasteiger partial charge >= 0.3 is 0 Å². The van der Waals surface area contributed by atoms with Crippen LogP contribution < -0.4 is 5.32 Å². The quantitative estimate of drug-likeness (QED) is 0.669. The summed E-state index contributed by atoms with van der Waals surface area (Å²) < 4.78 is 47.9. The molecule has 1 aromatic carbocycles. The molecule has 1 aliphatic heterocycles. The molecule has 3 heterocycles. The molecule has 0 unspecified atom stereocenters. The fraction of sp³-hybridized carbons (Fsp3) is 0.238. The molecule has 0 saturated carbocycles. The third-order valence-corrected chi connectivity index (χ3v) is 4.52. The summed E-state index contributed by atoms with van der Waals surface area (Å²) in [5.41, 5.74) is -0.250. The molecule has 31 heavy (non-hydrogen) atoms. The second kappa shape index (κ2) is 7.86. The van der Waals surface area contributed by atoms with Gasteiger partial charge in [0, 0.05) is 0 Å². The van der Waals surface area contributed by atoms with Crippen molar-refractivity contribution in [1.29, 1.82) is 0 Å². The number of aromatic nitrogens is 3. The highest BCUT2D eigenvalue weighted by Gasteiger charge is 2.29. The standard InChI is InChI=1S/C21H18F3N5O2/c1-21(2)11-31-20(27-21)16-8-13(9-22)29(28-16)17-7-6-12(10-25-17)26-19(30)18-14(23)4-3-5-15(18)24/h3-8,10H,9,11H2,1-2H3,(H,26,30). The van der Waals surface area contributed by atoms with Gasteiger partial charge in [0.1, 0.15) is 36.2 Å². The van der Waals surface area contributed by atoms with Crippen molar-refractivity contribution in [2.24, 2.45) is 4.99 Å². The van der Waals surface area contributed by atoms with Crippen LogP contribution in [0, 0.1) is 11.6 Å².